The number of hydrogen-bond acceptors (Lipinski definition) is 5. The zero-order valence-electron chi connectivity index (χ0n) is 12.2. The lowest BCUT2D eigenvalue weighted by Crippen LogP contribution is -2.49. The number of benzene rings is 1. The molecule has 0 unspecified atom stereocenters. The van der Waals surface area contributed by atoms with Gasteiger partial charge in [-0.3, -0.25) is 9.69 Å². The Morgan fingerprint density at radius 1 is 1.19 bits per heavy atom. The predicted octanol–water partition coefficient (Wildman–Crippen LogP) is 0.174. The Labute approximate surface area is 125 Å². The van der Waals surface area contributed by atoms with Crippen LogP contribution in [0.2, 0.25) is 0 Å². The van der Waals surface area contributed by atoms with Crippen LogP contribution in [0.4, 0.5) is 5.69 Å². The van der Waals surface area contributed by atoms with Crippen LogP contribution >= 0.6 is 0 Å². The van der Waals surface area contributed by atoms with Gasteiger partial charge in [-0.1, -0.05) is 0 Å². The minimum absolute atomic E-state index is 0.120. The van der Waals surface area contributed by atoms with Crippen molar-refractivity contribution >= 4 is 11.6 Å². The van der Waals surface area contributed by atoms with Gasteiger partial charge in [0, 0.05) is 38.4 Å². The largest absolute Gasteiger partial charge is 0.493 e. The van der Waals surface area contributed by atoms with Crippen molar-refractivity contribution in [3.8, 4) is 5.75 Å². The van der Waals surface area contributed by atoms with E-state index in [2.05, 4.69) is 4.90 Å². The van der Waals surface area contributed by atoms with E-state index < -0.39 is 0 Å². The van der Waals surface area contributed by atoms with Crippen molar-refractivity contribution in [3.05, 3.63) is 24.3 Å². The second-order valence-corrected chi connectivity index (χ2v) is 5.11. The average molecular weight is 293 g/mol. The highest BCUT2D eigenvalue weighted by atomic mass is 16.5. The maximum absolute atomic E-state index is 12.1. The number of hydrogen-bond donors (Lipinski definition) is 2. The number of piperazine rings is 1. The van der Waals surface area contributed by atoms with E-state index in [1.807, 2.05) is 4.90 Å². The van der Waals surface area contributed by atoms with E-state index in [4.69, 9.17) is 15.6 Å². The average Bonchev–Trinajstić information content (AvgIpc) is 2.50. The summed E-state index contributed by atoms with van der Waals surface area (Å²) in [5.41, 5.74) is 6.29. The Hall–Kier alpha value is -1.79. The molecule has 3 N–H and O–H groups in total. The van der Waals surface area contributed by atoms with Crippen LogP contribution in [-0.4, -0.2) is 66.8 Å². The fraction of sp³-hybridized carbons (Fsp3) is 0.533. The molecule has 1 amide bonds. The maximum Gasteiger partial charge on any atom is 0.226 e. The summed E-state index contributed by atoms with van der Waals surface area (Å²) in [6.45, 7) is 4.32. The van der Waals surface area contributed by atoms with E-state index in [0.29, 0.717) is 25.3 Å². The third-order valence-electron chi connectivity index (χ3n) is 3.61. The number of aliphatic hydroxyl groups excluding tert-OH is 1. The summed E-state index contributed by atoms with van der Waals surface area (Å²) in [5.74, 6) is 0.846. The number of ether oxygens (including phenoxy) is 1. The molecule has 1 heterocycles. The molecule has 1 aliphatic heterocycles. The minimum atomic E-state index is 0.120. The van der Waals surface area contributed by atoms with Gasteiger partial charge in [-0.15, -0.1) is 0 Å². The van der Waals surface area contributed by atoms with Crippen LogP contribution in [0.15, 0.2) is 24.3 Å². The number of nitrogens with two attached hydrogens (primary N) is 1. The summed E-state index contributed by atoms with van der Waals surface area (Å²) in [6.07, 6.45) is 0.379. The van der Waals surface area contributed by atoms with E-state index in [-0.39, 0.29) is 12.5 Å². The normalized spacial score (nSPS) is 16.0. The Bertz CT molecular complexity index is 442. The quantitative estimate of drug-likeness (QED) is 0.731. The molecule has 6 nitrogen and oxygen atoms in total. The molecule has 1 fully saturated rings. The highest BCUT2D eigenvalue weighted by molar-refractivity contribution is 5.76. The third kappa shape index (κ3) is 4.91. The Balaban J connectivity index is 1.67. The Kier molecular flexibility index (Phi) is 5.83. The number of rotatable bonds is 6. The van der Waals surface area contributed by atoms with Crippen molar-refractivity contribution < 1.29 is 14.6 Å². The van der Waals surface area contributed by atoms with Gasteiger partial charge in [-0.2, -0.15) is 0 Å². The summed E-state index contributed by atoms with van der Waals surface area (Å²) in [5, 5.41) is 8.89. The van der Waals surface area contributed by atoms with Crippen molar-refractivity contribution in [2.24, 2.45) is 0 Å². The lowest BCUT2D eigenvalue weighted by atomic mass is 10.2. The number of anilines is 1. The molecular weight excluding hydrogens is 270 g/mol. The van der Waals surface area contributed by atoms with Crippen LogP contribution in [0.1, 0.15) is 6.42 Å². The van der Waals surface area contributed by atoms with E-state index >= 15 is 0 Å². The number of amides is 1. The zero-order valence-corrected chi connectivity index (χ0v) is 12.2. The fourth-order valence-electron chi connectivity index (χ4n) is 2.34. The molecule has 0 atom stereocenters. The lowest BCUT2D eigenvalue weighted by molar-refractivity contribution is -0.133. The van der Waals surface area contributed by atoms with Gasteiger partial charge < -0.3 is 20.5 Å². The summed E-state index contributed by atoms with van der Waals surface area (Å²) in [4.78, 5) is 16.1. The SMILES string of the molecule is Nc1ccc(OCCC(=O)N2CCN(CCO)CC2)cc1. The van der Waals surface area contributed by atoms with Gasteiger partial charge in [0.1, 0.15) is 5.75 Å². The lowest BCUT2D eigenvalue weighted by Gasteiger charge is -2.34. The van der Waals surface area contributed by atoms with E-state index in [0.717, 1.165) is 31.9 Å². The highest BCUT2D eigenvalue weighted by Crippen LogP contribution is 2.13. The molecular formula is C15H23N3O3. The molecule has 2 rings (SSSR count). The van der Waals surface area contributed by atoms with Gasteiger partial charge in [-0.05, 0) is 24.3 Å². The summed E-state index contributed by atoms with van der Waals surface area (Å²) in [6, 6.07) is 7.15. The first-order chi connectivity index (χ1) is 10.2. The number of nitrogens with zero attached hydrogens (tertiary/aromatic N) is 2. The van der Waals surface area contributed by atoms with Crippen LogP contribution < -0.4 is 10.5 Å². The van der Waals surface area contributed by atoms with Crippen molar-refractivity contribution in [1.82, 2.24) is 9.80 Å². The molecule has 6 heteroatoms. The molecule has 0 bridgehead atoms. The standard InChI is InChI=1S/C15H23N3O3/c16-13-1-3-14(4-2-13)21-12-5-15(20)18-8-6-17(7-9-18)10-11-19/h1-4,19H,5-12,16H2. The first kappa shape index (κ1) is 15.6. The first-order valence-electron chi connectivity index (χ1n) is 7.28. The molecule has 0 aliphatic carbocycles. The Morgan fingerprint density at radius 3 is 2.48 bits per heavy atom. The van der Waals surface area contributed by atoms with E-state index in [9.17, 15) is 4.79 Å². The monoisotopic (exact) mass is 293 g/mol. The van der Waals surface area contributed by atoms with E-state index in [1.54, 1.807) is 24.3 Å². The van der Waals surface area contributed by atoms with Gasteiger partial charge in [0.2, 0.25) is 5.91 Å². The van der Waals surface area contributed by atoms with Crippen LogP contribution in [0, 0.1) is 0 Å². The van der Waals surface area contributed by atoms with E-state index in [1.165, 1.54) is 0 Å². The molecule has 0 aromatic heterocycles. The van der Waals surface area contributed by atoms with Crippen molar-refractivity contribution in [3.63, 3.8) is 0 Å². The molecule has 1 aromatic carbocycles. The first-order valence-corrected chi connectivity index (χ1v) is 7.28. The minimum Gasteiger partial charge on any atom is -0.493 e. The molecule has 1 aromatic rings. The number of nitrogen functional groups attached to an aromatic ring is 1. The van der Waals surface area contributed by atoms with Gasteiger partial charge in [0.15, 0.2) is 0 Å². The van der Waals surface area contributed by atoms with Crippen LogP contribution in [0.5, 0.6) is 5.75 Å². The fourth-order valence-corrected chi connectivity index (χ4v) is 2.34. The van der Waals surface area contributed by atoms with Crippen molar-refractivity contribution in [2.75, 3.05) is 51.7 Å². The number of aliphatic hydroxyl groups is 1. The second-order valence-electron chi connectivity index (χ2n) is 5.11. The third-order valence-corrected chi connectivity index (χ3v) is 3.61. The highest BCUT2D eigenvalue weighted by Gasteiger charge is 2.20. The smallest absolute Gasteiger partial charge is 0.226 e. The van der Waals surface area contributed by atoms with Crippen molar-refractivity contribution in [1.29, 1.82) is 0 Å². The second kappa shape index (κ2) is 7.85. The molecule has 0 spiro atoms. The van der Waals surface area contributed by atoms with Crippen LogP contribution in [-0.2, 0) is 4.79 Å². The number of carbonyl (C=O) groups is 1. The number of β-amino-alcohol motifs (C(OH)–C–C–N with tert-alkyl or cyclic N) is 1. The molecule has 1 aliphatic rings. The maximum atomic E-state index is 12.1. The molecule has 0 radical (unpaired) electrons. The van der Waals surface area contributed by atoms with Crippen LogP contribution in [0.3, 0.4) is 0 Å². The topological polar surface area (TPSA) is 79.0 Å². The van der Waals surface area contributed by atoms with Gasteiger partial charge >= 0.3 is 0 Å². The summed E-state index contributed by atoms with van der Waals surface area (Å²) in [7, 11) is 0. The molecule has 116 valence electrons. The number of carbonyl (C=O) groups excluding carboxylic acids is 1. The zero-order chi connectivity index (χ0) is 15.1. The van der Waals surface area contributed by atoms with Gasteiger partial charge in [0.05, 0.1) is 19.6 Å². The summed E-state index contributed by atoms with van der Waals surface area (Å²) >= 11 is 0. The van der Waals surface area contributed by atoms with Gasteiger partial charge in [-0.25, -0.2) is 0 Å². The van der Waals surface area contributed by atoms with Gasteiger partial charge in [0.25, 0.3) is 0 Å². The van der Waals surface area contributed by atoms with Crippen molar-refractivity contribution in [2.45, 2.75) is 6.42 Å². The molecule has 21 heavy (non-hydrogen) atoms. The molecule has 1 saturated heterocycles. The van der Waals surface area contributed by atoms with Crippen LogP contribution in [0.25, 0.3) is 0 Å². The predicted molar refractivity (Wildman–Crippen MR) is 81.1 cm³/mol. The molecule has 0 saturated carbocycles. The Morgan fingerprint density at radius 2 is 1.86 bits per heavy atom. The summed E-state index contributed by atoms with van der Waals surface area (Å²) < 4.78 is 5.54.